The van der Waals surface area contributed by atoms with Gasteiger partial charge in [-0.1, -0.05) is 0 Å². The lowest BCUT2D eigenvalue weighted by Gasteiger charge is -2.26. The predicted octanol–water partition coefficient (Wildman–Crippen LogP) is 0.0600. The van der Waals surface area contributed by atoms with E-state index < -0.39 is 0 Å². The summed E-state index contributed by atoms with van der Waals surface area (Å²) in [5, 5.41) is 15.2. The van der Waals surface area contributed by atoms with Crippen LogP contribution in [-0.2, 0) is 23.1 Å². The number of rotatable bonds is 8. The van der Waals surface area contributed by atoms with Crippen molar-refractivity contribution in [3.05, 3.63) is 11.6 Å². The molecule has 2 saturated heterocycles. The Hall–Kier alpha value is -1.71. The number of nitrogens with one attached hydrogen (secondary N) is 2. The van der Waals surface area contributed by atoms with Gasteiger partial charge in [0.2, 0.25) is 0 Å². The van der Waals surface area contributed by atoms with Gasteiger partial charge < -0.3 is 24.7 Å². The molecule has 1 unspecified atom stereocenters. The van der Waals surface area contributed by atoms with Gasteiger partial charge in [-0.3, -0.25) is 4.90 Å². The summed E-state index contributed by atoms with van der Waals surface area (Å²) < 4.78 is 13.1. The molecule has 3 rings (SSSR count). The quantitative estimate of drug-likeness (QED) is 0.375. The molecule has 0 saturated carbocycles. The summed E-state index contributed by atoms with van der Waals surface area (Å²) in [4.78, 5) is 7.14. The van der Waals surface area contributed by atoms with Gasteiger partial charge >= 0.3 is 0 Å². The monoisotopic (exact) mass is 379 g/mol. The van der Waals surface area contributed by atoms with Gasteiger partial charge in [0, 0.05) is 39.8 Å². The molecule has 2 aliphatic heterocycles. The van der Waals surface area contributed by atoms with Crippen molar-refractivity contribution in [2.75, 3.05) is 52.5 Å². The molecular formula is C18H33N7O2. The Morgan fingerprint density at radius 2 is 2.07 bits per heavy atom. The molecule has 1 aromatic heterocycles. The Morgan fingerprint density at radius 3 is 2.78 bits per heavy atom. The fourth-order valence-electron chi connectivity index (χ4n) is 3.26. The van der Waals surface area contributed by atoms with Crippen LogP contribution in [0.2, 0.25) is 0 Å². The highest BCUT2D eigenvalue weighted by molar-refractivity contribution is 5.79. The molecule has 0 bridgehead atoms. The van der Waals surface area contributed by atoms with E-state index in [2.05, 4.69) is 25.7 Å². The van der Waals surface area contributed by atoms with E-state index in [4.69, 9.17) is 14.5 Å². The molecule has 1 aromatic rings. The lowest BCUT2D eigenvalue weighted by atomic mass is 10.2. The molecule has 9 heteroatoms. The highest BCUT2D eigenvalue weighted by Gasteiger charge is 2.16. The SMILES string of the molecule is Cc1nnc(CN=C(NCCCN2CCOCC2)NCC2CCCO2)n1C. The van der Waals surface area contributed by atoms with Crippen LogP contribution in [0.15, 0.2) is 4.99 Å². The van der Waals surface area contributed by atoms with Gasteiger partial charge in [0.1, 0.15) is 12.4 Å². The molecule has 0 amide bonds. The van der Waals surface area contributed by atoms with Crippen molar-refractivity contribution in [2.24, 2.45) is 12.0 Å². The molecule has 0 spiro atoms. The number of aliphatic imine (C=N–C) groups is 1. The zero-order valence-electron chi connectivity index (χ0n) is 16.6. The number of guanidine groups is 1. The fraction of sp³-hybridized carbons (Fsp3) is 0.833. The summed E-state index contributed by atoms with van der Waals surface area (Å²) in [7, 11) is 1.97. The Bertz CT molecular complexity index is 593. The minimum absolute atomic E-state index is 0.280. The number of aryl methyl sites for hydroxylation is 1. The van der Waals surface area contributed by atoms with Crippen LogP contribution in [0.25, 0.3) is 0 Å². The van der Waals surface area contributed by atoms with Crippen molar-refractivity contribution in [3.8, 4) is 0 Å². The van der Waals surface area contributed by atoms with Crippen LogP contribution in [0.5, 0.6) is 0 Å². The Morgan fingerprint density at radius 1 is 1.22 bits per heavy atom. The second-order valence-electron chi connectivity index (χ2n) is 7.14. The van der Waals surface area contributed by atoms with Crippen LogP contribution in [0.4, 0.5) is 0 Å². The first kappa shape index (κ1) is 20.0. The van der Waals surface area contributed by atoms with E-state index in [0.717, 1.165) is 89.4 Å². The van der Waals surface area contributed by atoms with Gasteiger partial charge in [-0.05, 0) is 32.7 Å². The summed E-state index contributed by atoms with van der Waals surface area (Å²) >= 11 is 0. The van der Waals surface area contributed by atoms with E-state index >= 15 is 0 Å². The number of hydrogen-bond donors (Lipinski definition) is 2. The largest absolute Gasteiger partial charge is 0.379 e. The third kappa shape index (κ3) is 6.44. The molecule has 1 atom stereocenters. The van der Waals surface area contributed by atoms with Crippen LogP contribution in [0.3, 0.4) is 0 Å². The highest BCUT2D eigenvalue weighted by Crippen LogP contribution is 2.10. The molecule has 9 nitrogen and oxygen atoms in total. The molecule has 0 radical (unpaired) electrons. The van der Waals surface area contributed by atoms with Crippen LogP contribution in [0.1, 0.15) is 30.9 Å². The van der Waals surface area contributed by atoms with Gasteiger partial charge in [0.25, 0.3) is 0 Å². The van der Waals surface area contributed by atoms with Crippen LogP contribution >= 0.6 is 0 Å². The van der Waals surface area contributed by atoms with E-state index in [1.165, 1.54) is 0 Å². The Kier molecular flexibility index (Phi) is 7.85. The zero-order chi connectivity index (χ0) is 18.9. The van der Waals surface area contributed by atoms with E-state index in [1.54, 1.807) is 0 Å². The first-order valence-corrected chi connectivity index (χ1v) is 10.0. The molecular weight excluding hydrogens is 346 g/mol. The molecule has 152 valence electrons. The van der Waals surface area contributed by atoms with Crippen molar-refractivity contribution in [1.29, 1.82) is 0 Å². The standard InChI is InChI=1S/C18H33N7O2/c1-15-22-23-17(24(15)2)14-21-18(20-13-16-5-3-10-27-16)19-6-4-7-25-8-11-26-12-9-25/h16H,3-14H2,1-2H3,(H2,19,20,21). The maximum absolute atomic E-state index is 5.70. The van der Waals surface area contributed by atoms with Gasteiger partial charge in [-0.15, -0.1) is 10.2 Å². The van der Waals surface area contributed by atoms with E-state index in [9.17, 15) is 0 Å². The number of morpholine rings is 1. The average Bonchev–Trinajstić information content (AvgIpc) is 3.32. The molecule has 27 heavy (non-hydrogen) atoms. The second-order valence-corrected chi connectivity index (χ2v) is 7.14. The van der Waals surface area contributed by atoms with Gasteiger partial charge in [-0.2, -0.15) is 0 Å². The van der Waals surface area contributed by atoms with Crippen LogP contribution in [0, 0.1) is 6.92 Å². The van der Waals surface area contributed by atoms with E-state index in [-0.39, 0.29) is 6.10 Å². The number of nitrogens with zero attached hydrogens (tertiary/aromatic N) is 5. The van der Waals surface area contributed by atoms with Crippen molar-refractivity contribution >= 4 is 5.96 Å². The molecule has 0 aromatic carbocycles. The lowest BCUT2D eigenvalue weighted by Crippen LogP contribution is -2.43. The lowest BCUT2D eigenvalue weighted by molar-refractivity contribution is 0.0376. The summed E-state index contributed by atoms with van der Waals surface area (Å²) in [5.74, 6) is 2.57. The van der Waals surface area contributed by atoms with E-state index in [0.29, 0.717) is 6.54 Å². The topological polar surface area (TPSA) is 88.8 Å². The Balaban J connectivity index is 1.46. The summed E-state index contributed by atoms with van der Waals surface area (Å²) in [6.45, 7) is 9.82. The van der Waals surface area contributed by atoms with Crippen molar-refractivity contribution in [3.63, 3.8) is 0 Å². The maximum atomic E-state index is 5.70. The minimum Gasteiger partial charge on any atom is -0.379 e. The maximum Gasteiger partial charge on any atom is 0.191 e. The third-order valence-electron chi connectivity index (χ3n) is 5.13. The van der Waals surface area contributed by atoms with Crippen molar-refractivity contribution < 1.29 is 9.47 Å². The fourth-order valence-corrected chi connectivity index (χ4v) is 3.26. The molecule has 2 aliphatic rings. The number of ether oxygens (including phenoxy) is 2. The minimum atomic E-state index is 0.280. The number of aromatic nitrogens is 3. The summed E-state index contributed by atoms with van der Waals surface area (Å²) in [6, 6.07) is 0. The van der Waals surface area contributed by atoms with Gasteiger partial charge in [0.05, 0.1) is 19.3 Å². The summed E-state index contributed by atoms with van der Waals surface area (Å²) in [6.07, 6.45) is 3.61. The smallest absolute Gasteiger partial charge is 0.191 e. The second kappa shape index (κ2) is 10.6. The van der Waals surface area contributed by atoms with Crippen LogP contribution in [-0.4, -0.2) is 84.3 Å². The first-order valence-electron chi connectivity index (χ1n) is 10.0. The highest BCUT2D eigenvalue weighted by atomic mass is 16.5. The molecule has 2 N–H and O–H groups in total. The predicted molar refractivity (Wildman–Crippen MR) is 104 cm³/mol. The van der Waals surface area contributed by atoms with E-state index in [1.807, 2.05) is 18.5 Å². The van der Waals surface area contributed by atoms with Gasteiger partial charge in [-0.25, -0.2) is 4.99 Å². The van der Waals surface area contributed by atoms with Gasteiger partial charge in [0.15, 0.2) is 11.8 Å². The molecule has 0 aliphatic carbocycles. The van der Waals surface area contributed by atoms with Crippen molar-refractivity contribution in [2.45, 2.75) is 38.8 Å². The normalized spacial score (nSPS) is 21.6. The van der Waals surface area contributed by atoms with Crippen LogP contribution < -0.4 is 10.6 Å². The average molecular weight is 380 g/mol. The molecule has 3 heterocycles. The van der Waals surface area contributed by atoms with Crippen molar-refractivity contribution in [1.82, 2.24) is 30.3 Å². The number of hydrogen-bond acceptors (Lipinski definition) is 6. The third-order valence-corrected chi connectivity index (χ3v) is 5.13. The molecule has 2 fully saturated rings. The Labute approximate surface area is 161 Å². The first-order chi connectivity index (χ1) is 13.2. The summed E-state index contributed by atoms with van der Waals surface area (Å²) in [5.41, 5.74) is 0. The zero-order valence-corrected chi connectivity index (χ0v) is 16.6.